The second-order valence-corrected chi connectivity index (χ2v) is 7.77. The molecule has 0 amide bonds. The summed E-state index contributed by atoms with van der Waals surface area (Å²) in [6.07, 6.45) is -4.09. The number of carbonyl (C=O) groups is 1. The van der Waals surface area contributed by atoms with Crippen molar-refractivity contribution in [1.29, 1.82) is 0 Å². The molecule has 2 heterocycles. The molecule has 0 saturated carbocycles. The zero-order chi connectivity index (χ0) is 25.0. The Bertz CT molecular complexity index is 1310. The monoisotopic (exact) mass is 482 g/mol. The molecule has 0 aliphatic heterocycles. The number of alkyl halides is 3. The molecule has 0 saturated heterocycles. The number of anilines is 1. The molecular weight excluding hydrogens is 461 g/mol. The number of hydrogen-bond acceptors (Lipinski definition) is 6. The maximum absolute atomic E-state index is 13.3. The Balaban J connectivity index is 1.66. The highest BCUT2D eigenvalue weighted by atomic mass is 19.4. The normalized spacial score (nSPS) is 11.4. The summed E-state index contributed by atoms with van der Waals surface area (Å²) in [6, 6.07) is 16.7. The lowest BCUT2D eigenvalue weighted by Crippen LogP contribution is -2.27. The molecule has 0 aliphatic rings. The van der Waals surface area contributed by atoms with Gasteiger partial charge in [0.15, 0.2) is 0 Å². The Labute approximate surface area is 198 Å². The fourth-order valence-corrected chi connectivity index (χ4v) is 3.76. The van der Waals surface area contributed by atoms with E-state index in [1.165, 1.54) is 0 Å². The van der Waals surface area contributed by atoms with Crippen LogP contribution in [0.4, 0.5) is 19.0 Å². The molecule has 2 aromatic carbocycles. The van der Waals surface area contributed by atoms with Crippen LogP contribution < -0.4 is 4.90 Å². The third-order valence-electron chi connectivity index (χ3n) is 5.34. The number of tetrazole rings is 1. The molecule has 35 heavy (non-hydrogen) atoms. The number of H-pyrrole nitrogens is 1. The van der Waals surface area contributed by atoms with Gasteiger partial charge in [-0.2, -0.15) is 18.4 Å². The fourth-order valence-electron chi connectivity index (χ4n) is 3.76. The van der Waals surface area contributed by atoms with Crippen LogP contribution in [0.15, 0.2) is 60.7 Å². The van der Waals surface area contributed by atoms with Gasteiger partial charge in [-0.05, 0) is 40.5 Å². The first-order chi connectivity index (χ1) is 16.8. The van der Waals surface area contributed by atoms with Crippen LogP contribution in [-0.4, -0.2) is 43.2 Å². The third kappa shape index (κ3) is 5.29. The van der Waals surface area contributed by atoms with E-state index in [1.54, 1.807) is 4.90 Å². The highest BCUT2D eigenvalue weighted by Crippen LogP contribution is 2.32. The summed E-state index contributed by atoms with van der Waals surface area (Å²) >= 11 is 0. The lowest BCUT2D eigenvalue weighted by molar-refractivity contribution is -0.141. The number of aromatic amines is 1. The van der Waals surface area contributed by atoms with Crippen LogP contribution in [0, 0.1) is 0 Å². The quantitative estimate of drug-likeness (QED) is 0.361. The molecule has 8 nitrogen and oxygen atoms in total. The van der Waals surface area contributed by atoms with Gasteiger partial charge in [0.05, 0.1) is 0 Å². The van der Waals surface area contributed by atoms with Gasteiger partial charge in [-0.15, -0.1) is 10.2 Å². The molecule has 4 aromatic rings. The number of nitrogens with zero attached hydrogens (tertiary/aromatic N) is 5. The highest BCUT2D eigenvalue weighted by molar-refractivity contribution is 5.93. The Kier molecular flexibility index (Phi) is 6.76. The van der Waals surface area contributed by atoms with Crippen LogP contribution in [0.25, 0.3) is 22.5 Å². The topological polar surface area (TPSA) is 108 Å². The van der Waals surface area contributed by atoms with Crippen molar-refractivity contribution in [2.24, 2.45) is 0 Å². The van der Waals surface area contributed by atoms with E-state index in [-0.39, 0.29) is 17.9 Å². The molecule has 11 heteroatoms. The smallest absolute Gasteiger partial charge is 0.433 e. The lowest BCUT2D eigenvalue weighted by Gasteiger charge is -2.25. The van der Waals surface area contributed by atoms with Crippen molar-refractivity contribution in [3.8, 4) is 22.5 Å². The Morgan fingerprint density at radius 1 is 1.03 bits per heavy atom. The zero-order valence-electron chi connectivity index (χ0n) is 18.6. The van der Waals surface area contributed by atoms with E-state index in [1.807, 2.05) is 55.5 Å². The van der Waals surface area contributed by atoms with Gasteiger partial charge in [0.25, 0.3) is 0 Å². The second kappa shape index (κ2) is 9.92. The number of rotatable bonds is 8. The summed E-state index contributed by atoms with van der Waals surface area (Å²) in [7, 11) is 0. The van der Waals surface area contributed by atoms with Crippen LogP contribution >= 0.6 is 0 Å². The van der Waals surface area contributed by atoms with E-state index >= 15 is 0 Å². The van der Waals surface area contributed by atoms with Crippen LogP contribution in [0.5, 0.6) is 0 Å². The van der Waals surface area contributed by atoms with Crippen molar-refractivity contribution < 1.29 is 23.1 Å². The number of pyridine rings is 1. The maximum Gasteiger partial charge on any atom is 0.433 e. The Morgan fingerprint density at radius 2 is 1.74 bits per heavy atom. The summed E-state index contributed by atoms with van der Waals surface area (Å²) in [4.78, 5) is 16.9. The van der Waals surface area contributed by atoms with E-state index in [2.05, 4.69) is 25.6 Å². The number of nitrogens with one attached hydrogen (secondary N) is 1. The molecule has 2 aromatic heterocycles. The largest absolute Gasteiger partial charge is 0.478 e. The number of hydrogen-bond donors (Lipinski definition) is 2. The highest BCUT2D eigenvalue weighted by Gasteiger charge is 2.34. The van der Waals surface area contributed by atoms with Gasteiger partial charge in [0, 0.05) is 18.7 Å². The average molecular weight is 482 g/mol. The minimum absolute atomic E-state index is 0.190. The van der Waals surface area contributed by atoms with Gasteiger partial charge in [0.1, 0.15) is 17.1 Å². The summed E-state index contributed by atoms with van der Waals surface area (Å²) in [5.41, 5.74) is 1.94. The summed E-state index contributed by atoms with van der Waals surface area (Å²) in [6.45, 7) is 2.38. The van der Waals surface area contributed by atoms with Gasteiger partial charge in [0.2, 0.25) is 5.82 Å². The van der Waals surface area contributed by atoms with E-state index in [0.717, 1.165) is 28.3 Å². The molecule has 180 valence electrons. The predicted octanol–water partition coefficient (Wildman–Crippen LogP) is 5.06. The summed E-state index contributed by atoms with van der Waals surface area (Å²) in [5, 5.41) is 23.7. The van der Waals surface area contributed by atoms with Crippen molar-refractivity contribution in [3.63, 3.8) is 0 Å². The minimum atomic E-state index is -4.68. The Hall–Kier alpha value is -4.28. The molecule has 0 aliphatic carbocycles. The van der Waals surface area contributed by atoms with E-state index in [9.17, 15) is 23.1 Å². The molecule has 0 fully saturated rings. The van der Waals surface area contributed by atoms with Gasteiger partial charge < -0.3 is 10.0 Å². The van der Waals surface area contributed by atoms with Crippen molar-refractivity contribution >= 4 is 11.8 Å². The van der Waals surface area contributed by atoms with Gasteiger partial charge in [-0.3, -0.25) is 0 Å². The zero-order valence-corrected chi connectivity index (χ0v) is 18.6. The lowest BCUT2D eigenvalue weighted by atomic mass is 9.98. The summed E-state index contributed by atoms with van der Waals surface area (Å²) < 4.78 is 39.8. The van der Waals surface area contributed by atoms with Crippen LogP contribution in [0.1, 0.15) is 35.0 Å². The molecule has 4 rings (SSSR count). The minimum Gasteiger partial charge on any atom is -0.478 e. The van der Waals surface area contributed by atoms with Gasteiger partial charge in [-0.1, -0.05) is 55.5 Å². The second-order valence-electron chi connectivity index (χ2n) is 7.77. The molecule has 0 spiro atoms. The SMILES string of the molecule is CCCN(Cc1ccc(-c2ccccc2-c2nn[nH]n2)cc1)c1nc(C(F)(F)F)ccc1C(=O)O. The van der Waals surface area contributed by atoms with Crippen molar-refractivity contribution in [2.75, 3.05) is 11.4 Å². The van der Waals surface area contributed by atoms with Gasteiger partial charge >= 0.3 is 12.1 Å². The first kappa shape index (κ1) is 23.9. The molecule has 2 N–H and O–H groups in total. The number of aromatic carboxylic acids is 1. The average Bonchev–Trinajstić information content (AvgIpc) is 3.38. The number of carboxylic acids is 1. The van der Waals surface area contributed by atoms with Crippen LogP contribution in [-0.2, 0) is 12.7 Å². The van der Waals surface area contributed by atoms with Crippen molar-refractivity contribution in [2.45, 2.75) is 26.1 Å². The molecule has 0 unspecified atom stereocenters. The molecular formula is C24H21F3N6O2. The number of benzene rings is 2. The van der Waals surface area contributed by atoms with E-state index in [4.69, 9.17) is 0 Å². The standard InChI is InChI=1S/C24H21F3N6O2/c1-2-13-33(22-19(23(34)35)11-12-20(28-22)24(25,26)27)14-15-7-9-16(10-8-15)17-5-3-4-6-18(17)21-29-31-32-30-21/h3-12H,2,13-14H2,1H3,(H,34,35)(H,29,30,31,32). The number of aromatic nitrogens is 5. The molecule has 0 atom stereocenters. The number of halogens is 3. The van der Waals surface area contributed by atoms with Crippen LogP contribution in [0.2, 0.25) is 0 Å². The first-order valence-corrected chi connectivity index (χ1v) is 10.8. The fraction of sp³-hybridized carbons (Fsp3) is 0.208. The number of carboxylic acid groups (broad SMARTS) is 1. The van der Waals surface area contributed by atoms with Gasteiger partial charge in [-0.25, -0.2) is 9.78 Å². The molecule has 0 bridgehead atoms. The van der Waals surface area contributed by atoms with Crippen molar-refractivity contribution in [3.05, 3.63) is 77.5 Å². The summed E-state index contributed by atoms with van der Waals surface area (Å²) in [5.74, 6) is -1.09. The Morgan fingerprint density at radius 3 is 2.34 bits per heavy atom. The van der Waals surface area contributed by atoms with E-state index < -0.39 is 17.8 Å². The first-order valence-electron chi connectivity index (χ1n) is 10.8. The predicted molar refractivity (Wildman–Crippen MR) is 123 cm³/mol. The molecule has 0 radical (unpaired) electrons. The van der Waals surface area contributed by atoms with Crippen LogP contribution in [0.3, 0.4) is 0 Å². The van der Waals surface area contributed by atoms with E-state index in [0.29, 0.717) is 24.9 Å². The maximum atomic E-state index is 13.3. The van der Waals surface area contributed by atoms with Crippen molar-refractivity contribution in [1.82, 2.24) is 25.6 Å². The third-order valence-corrected chi connectivity index (χ3v) is 5.34.